The Morgan fingerprint density at radius 1 is 1.16 bits per heavy atom. The minimum absolute atomic E-state index is 0.0950. The van der Waals surface area contributed by atoms with Crippen LogP contribution < -0.4 is 5.56 Å². The summed E-state index contributed by atoms with van der Waals surface area (Å²) < 4.78 is 7.86. The third-order valence-corrected chi connectivity index (χ3v) is 5.26. The first-order chi connectivity index (χ1) is 14.7. The molecule has 1 aromatic carbocycles. The van der Waals surface area contributed by atoms with Gasteiger partial charge in [-0.15, -0.1) is 0 Å². The standard InChI is InChI=1S/C22H25N3O6/c1-13-8-19(28)21(16(10-20(29)31-3)15-11-23-24(2)12-15)22(30)25(13)7-6-14-4-5-17(26)18(27)9-14/h4-5,8-9,11-12,16,26-28H,6-7,10H2,1-3H3. The van der Waals surface area contributed by atoms with Crippen molar-refractivity contribution in [2.24, 2.45) is 7.05 Å². The molecule has 1 atom stereocenters. The molecule has 0 aliphatic rings. The molecule has 0 amide bonds. The summed E-state index contributed by atoms with van der Waals surface area (Å²) in [6.45, 7) is 1.98. The Balaban J connectivity index is 2.02. The summed E-state index contributed by atoms with van der Waals surface area (Å²) in [4.78, 5) is 25.4. The smallest absolute Gasteiger partial charge is 0.306 e. The molecule has 9 nitrogen and oxygen atoms in total. The number of carbonyl (C=O) groups is 1. The molecule has 0 fully saturated rings. The van der Waals surface area contributed by atoms with Gasteiger partial charge in [-0.1, -0.05) is 6.07 Å². The van der Waals surface area contributed by atoms with Gasteiger partial charge in [-0.2, -0.15) is 5.10 Å². The van der Waals surface area contributed by atoms with E-state index in [4.69, 9.17) is 4.74 Å². The zero-order valence-electron chi connectivity index (χ0n) is 17.6. The van der Waals surface area contributed by atoms with E-state index >= 15 is 0 Å². The van der Waals surface area contributed by atoms with Crippen molar-refractivity contribution < 1.29 is 24.9 Å². The van der Waals surface area contributed by atoms with Crippen molar-refractivity contribution >= 4 is 5.97 Å². The average Bonchev–Trinajstić information content (AvgIpc) is 3.15. The number of hydrogen-bond donors (Lipinski definition) is 3. The summed E-state index contributed by atoms with van der Waals surface area (Å²) >= 11 is 0. The lowest BCUT2D eigenvalue weighted by Gasteiger charge is -2.19. The summed E-state index contributed by atoms with van der Waals surface area (Å²) in [6, 6.07) is 5.97. The molecular formula is C22H25N3O6. The predicted octanol–water partition coefficient (Wildman–Crippen LogP) is 1.94. The molecule has 31 heavy (non-hydrogen) atoms. The first-order valence-corrected chi connectivity index (χ1v) is 9.70. The van der Waals surface area contributed by atoms with Crippen LogP contribution in [0.1, 0.15) is 34.7 Å². The zero-order valence-corrected chi connectivity index (χ0v) is 17.6. The number of hydrogen-bond acceptors (Lipinski definition) is 7. The molecule has 0 aliphatic heterocycles. The van der Waals surface area contributed by atoms with Gasteiger partial charge in [0.05, 0.1) is 25.3 Å². The second kappa shape index (κ2) is 8.95. The van der Waals surface area contributed by atoms with E-state index in [1.165, 1.54) is 29.9 Å². The van der Waals surface area contributed by atoms with Crippen molar-refractivity contribution in [2.75, 3.05) is 7.11 Å². The van der Waals surface area contributed by atoms with Gasteiger partial charge in [0.1, 0.15) is 5.75 Å². The zero-order chi connectivity index (χ0) is 22.7. The lowest BCUT2D eigenvalue weighted by Crippen LogP contribution is -2.29. The van der Waals surface area contributed by atoms with E-state index in [0.29, 0.717) is 17.7 Å². The Labute approximate surface area is 178 Å². The summed E-state index contributed by atoms with van der Waals surface area (Å²) in [6.07, 6.45) is 3.53. The fraction of sp³-hybridized carbons (Fsp3) is 0.318. The predicted molar refractivity (Wildman–Crippen MR) is 112 cm³/mol. The largest absolute Gasteiger partial charge is 0.507 e. The van der Waals surface area contributed by atoms with Gasteiger partial charge in [-0.05, 0) is 42.7 Å². The number of rotatable bonds is 7. The van der Waals surface area contributed by atoms with E-state index in [0.717, 1.165) is 5.56 Å². The molecule has 1 unspecified atom stereocenters. The molecule has 0 saturated carbocycles. The van der Waals surface area contributed by atoms with Crippen molar-refractivity contribution in [3.63, 3.8) is 0 Å². The maximum absolute atomic E-state index is 13.4. The van der Waals surface area contributed by atoms with Crippen LogP contribution in [-0.4, -0.2) is 42.7 Å². The molecule has 0 aliphatic carbocycles. The van der Waals surface area contributed by atoms with Crippen molar-refractivity contribution in [3.05, 3.63) is 69.4 Å². The number of aromatic nitrogens is 3. The van der Waals surface area contributed by atoms with Crippen molar-refractivity contribution in [1.29, 1.82) is 0 Å². The van der Waals surface area contributed by atoms with Gasteiger partial charge in [-0.3, -0.25) is 14.3 Å². The summed E-state index contributed by atoms with van der Waals surface area (Å²) in [5, 5.41) is 33.9. The molecular weight excluding hydrogens is 402 g/mol. The molecule has 3 aromatic rings. The van der Waals surface area contributed by atoms with Crippen molar-refractivity contribution in [3.8, 4) is 17.2 Å². The second-order valence-corrected chi connectivity index (χ2v) is 7.39. The number of phenolic OH excluding ortho intramolecular Hbond substituents is 2. The topological polar surface area (TPSA) is 127 Å². The average molecular weight is 427 g/mol. The highest BCUT2D eigenvalue weighted by atomic mass is 16.5. The molecule has 3 rings (SSSR count). The number of pyridine rings is 1. The highest BCUT2D eigenvalue weighted by Gasteiger charge is 2.27. The Kier molecular flexibility index (Phi) is 6.33. The Hall–Kier alpha value is -3.75. The number of aryl methyl sites for hydroxylation is 3. The van der Waals surface area contributed by atoms with Crippen LogP contribution in [0.15, 0.2) is 41.5 Å². The number of methoxy groups -OCH3 is 1. The van der Waals surface area contributed by atoms with Gasteiger partial charge < -0.3 is 24.6 Å². The number of aromatic hydroxyl groups is 3. The van der Waals surface area contributed by atoms with Gasteiger partial charge >= 0.3 is 5.97 Å². The molecule has 2 aromatic heterocycles. The van der Waals surface area contributed by atoms with Gasteiger partial charge in [0.25, 0.3) is 5.56 Å². The van der Waals surface area contributed by atoms with Gasteiger partial charge in [0, 0.05) is 31.4 Å². The first-order valence-electron chi connectivity index (χ1n) is 9.70. The minimum atomic E-state index is -0.724. The minimum Gasteiger partial charge on any atom is -0.507 e. The molecule has 9 heteroatoms. The van der Waals surface area contributed by atoms with E-state index in [9.17, 15) is 24.9 Å². The first kappa shape index (κ1) is 21.9. The van der Waals surface area contributed by atoms with Gasteiger partial charge in [0.2, 0.25) is 0 Å². The lowest BCUT2D eigenvalue weighted by molar-refractivity contribution is -0.140. The number of phenols is 2. The number of carbonyl (C=O) groups excluding carboxylic acids is 1. The molecule has 164 valence electrons. The fourth-order valence-electron chi connectivity index (χ4n) is 3.60. The molecule has 0 spiro atoms. The van der Waals surface area contributed by atoms with E-state index in [-0.39, 0.29) is 35.8 Å². The van der Waals surface area contributed by atoms with Crippen LogP contribution in [0.3, 0.4) is 0 Å². The molecule has 0 bridgehead atoms. The normalized spacial score (nSPS) is 12.0. The van der Waals surface area contributed by atoms with Crippen LogP contribution in [-0.2, 0) is 29.5 Å². The lowest BCUT2D eigenvalue weighted by atomic mass is 9.90. The van der Waals surface area contributed by atoms with Crippen LogP contribution in [0, 0.1) is 6.92 Å². The number of benzene rings is 1. The van der Waals surface area contributed by atoms with E-state index < -0.39 is 17.4 Å². The van der Waals surface area contributed by atoms with Gasteiger partial charge in [0.15, 0.2) is 11.5 Å². The second-order valence-electron chi connectivity index (χ2n) is 7.39. The number of esters is 1. The van der Waals surface area contributed by atoms with E-state index in [2.05, 4.69) is 5.10 Å². The van der Waals surface area contributed by atoms with Gasteiger partial charge in [-0.25, -0.2) is 0 Å². The SMILES string of the molecule is COC(=O)CC(c1cnn(C)c1)c1c(O)cc(C)n(CCc2ccc(O)c(O)c2)c1=O. The molecule has 0 saturated heterocycles. The Morgan fingerprint density at radius 2 is 1.90 bits per heavy atom. The van der Waals surface area contributed by atoms with Crippen LogP contribution in [0.2, 0.25) is 0 Å². The van der Waals surface area contributed by atoms with Crippen molar-refractivity contribution in [1.82, 2.24) is 14.3 Å². The van der Waals surface area contributed by atoms with Crippen molar-refractivity contribution in [2.45, 2.75) is 32.2 Å². The molecule has 3 N–H and O–H groups in total. The van der Waals surface area contributed by atoms with Crippen LogP contribution in [0.4, 0.5) is 0 Å². The summed E-state index contributed by atoms with van der Waals surface area (Å²) in [5.74, 6) is -1.88. The molecule has 0 radical (unpaired) electrons. The van der Waals surface area contributed by atoms with E-state index in [1.807, 2.05) is 0 Å². The summed E-state index contributed by atoms with van der Waals surface area (Å²) in [7, 11) is 2.99. The highest BCUT2D eigenvalue weighted by Crippen LogP contribution is 2.32. The molecule has 2 heterocycles. The fourth-order valence-corrected chi connectivity index (χ4v) is 3.60. The maximum Gasteiger partial charge on any atom is 0.306 e. The van der Waals surface area contributed by atoms with Crippen LogP contribution in [0.25, 0.3) is 0 Å². The number of nitrogens with zero attached hydrogens (tertiary/aromatic N) is 3. The third-order valence-electron chi connectivity index (χ3n) is 5.26. The van der Waals surface area contributed by atoms with Crippen LogP contribution in [0.5, 0.6) is 17.2 Å². The number of ether oxygens (including phenoxy) is 1. The highest BCUT2D eigenvalue weighted by molar-refractivity contribution is 5.71. The quantitative estimate of drug-likeness (QED) is 0.388. The summed E-state index contributed by atoms with van der Waals surface area (Å²) in [5.41, 5.74) is 1.57. The van der Waals surface area contributed by atoms with E-state index in [1.54, 1.807) is 37.1 Å². The monoisotopic (exact) mass is 427 g/mol. The Bertz CT molecular complexity index is 1160. The maximum atomic E-state index is 13.4. The van der Waals surface area contributed by atoms with Crippen LogP contribution >= 0.6 is 0 Å². The third kappa shape index (κ3) is 4.71. The Morgan fingerprint density at radius 3 is 2.52 bits per heavy atom.